The second-order valence-corrected chi connectivity index (χ2v) is 6.05. The number of rotatable bonds is 5. The lowest BCUT2D eigenvalue weighted by molar-refractivity contribution is -0.120. The Morgan fingerprint density at radius 2 is 1.95 bits per heavy atom. The molecule has 7 heteroatoms. The van der Waals surface area contributed by atoms with Crippen LogP contribution in [0.2, 0.25) is 10.0 Å². The van der Waals surface area contributed by atoms with Crippen molar-refractivity contribution in [3.05, 3.63) is 45.6 Å². The highest BCUT2D eigenvalue weighted by Crippen LogP contribution is 2.20. The van der Waals surface area contributed by atoms with Crippen molar-refractivity contribution in [3.63, 3.8) is 0 Å². The van der Waals surface area contributed by atoms with Crippen LogP contribution in [0.25, 0.3) is 0 Å². The molecule has 1 N–H and O–H groups in total. The largest absolute Gasteiger partial charge is 0.360 e. The number of amides is 1. The average molecular weight is 342 g/mol. The Morgan fingerprint density at radius 1 is 1.32 bits per heavy atom. The molecule has 1 atom stereocenters. The number of anilines is 1. The Kier molecular flexibility index (Phi) is 5.45. The number of likely N-dealkylation sites (N-methyl/N-ethyl adjacent to an activating group) is 1. The molecule has 0 bridgehead atoms. The summed E-state index contributed by atoms with van der Waals surface area (Å²) in [6.07, 6.45) is 0. The van der Waals surface area contributed by atoms with Crippen LogP contribution in [0.15, 0.2) is 28.8 Å². The quantitative estimate of drug-likeness (QED) is 0.899. The number of nitrogens with one attached hydrogen (secondary N) is 1. The van der Waals surface area contributed by atoms with Crippen LogP contribution in [0.5, 0.6) is 0 Å². The van der Waals surface area contributed by atoms with E-state index in [9.17, 15) is 4.79 Å². The Morgan fingerprint density at radius 3 is 2.50 bits per heavy atom. The molecule has 5 nitrogen and oxygen atoms in total. The zero-order valence-corrected chi connectivity index (χ0v) is 14.1. The van der Waals surface area contributed by atoms with Gasteiger partial charge in [0.15, 0.2) is 5.82 Å². The molecular formula is C15H17Cl2N3O2. The average Bonchev–Trinajstić information content (AvgIpc) is 2.81. The minimum Gasteiger partial charge on any atom is -0.360 e. The van der Waals surface area contributed by atoms with Crippen molar-refractivity contribution in [3.8, 4) is 0 Å². The zero-order valence-electron chi connectivity index (χ0n) is 12.6. The van der Waals surface area contributed by atoms with E-state index in [1.165, 1.54) is 0 Å². The number of halogens is 2. The highest BCUT2D eigenvalue weighted by Gasteiger charge is 2.19. The van der Waals surface area contributed by atoms with Gasteiger partial charge in [0.05, 0.1) is 6.04 Å². The minimum atomic E-state index is -0.352. The fourth-order valence-electron chi connectivity index (χ4n) is 1.98. The van der Waals surface area contributed by atoms with Crippen LogP contribution in [0, 0.1) is 6.92 Å². The first kappa shape index (κ1) is 16.8. The van der Waals surface area contributed by atoms with Crippen LogP contribution >= 0.6 is 23.2 Å². The number of aryl methyl sites for hydroxylation is 1. The van der Waals surface area contributed by atoms with Gasteiger partial charge in [-0.05, 0) is 44.7 Å². The molecule has 1 amide bonds. The molecule has 0 unspecified atom stereocenters. The second kappa shape index (κ2) is 7.13. The third-order valence-corrected chi connectivity index (χ3v) is 3.71. The van der Waals surface area contributed by atoms with Crippen molar-refractivity contribution < 1.29 is 9.32 Å². The fourth-order valence-corrected chi connectivity index (χ4v) is 2.55. The molecule has 0 radical (unpaired) electrons. The molecule has 0 saturated carbocycles. The summed E-state index contributed by atoms with van der Waals surface area (Å²) in [4.78, 5) is 14.1. The summed E-state index contributed by atoms with van der Waals surface area (Å²) in [5.74, 6) is 0.891. The number of hydrogen-bond acceptors (Lipinski definition) is 4. The van der Waals surface area contributed by atoms with Gasteiger partial charge in [-0.15, -0.1) is 0 Å². The van der Waals surface area contributed by atoms with Crippen LogP contribution in [-0.4, -0.2) is 29.1 Å². The second-order valence-electron chi connectivity index (χ2n) is 5.18. The van der Waals surface area contributed by atoms with E-state index in [1.54, 1.807) is 19.1 Å². The monoisotopic (exact) mass is 341 g/mol. The molecule has 2 rings (SSSR count). The van der Waals surface area contributed by atoms with Gasteiger partial charge in [-0.2, -0.15) is 0 Å². The van der Waals surface area contributed by atoms with Gasteiger partial charge in [-0.3, -0.25) is 9.69 Å². The predicted molar refractivity (Wildman–Crippen MR) is 87.3 cm³/mol. The Hall–Kier alpha value is -1.56. The van der Waals surface area contributed by atoms with E-state index in [0.29, 0.717) is 28.2 Å². The summed E-state index contributed by atoms with van der Waals surface area (Å²) in [6, 6.07) is 6.65. The van der Waals surface area contributed by atoms with Crippen LogP contribution in [-0.2, 0) is 11.3 Å². The molecule has 0 spiro atoms. The maximum atomic E-state index is 12.2. The minimum absolute atomic E-state index is 0.163. The van der Waals surface area contributed by atoms with E-state index in [0.717, 1.165) is 5.56 Å². The van der Waals surface area contributed by atoms with Crippen molar-refractivity contribution >= 4 is 34.9 Å². The lowest BCUT2D eigenvalue weighted by atomic mass is 10.2. The highest BCUT2D eigenvalue weighted by molar-refractivity contribution is 6.34. The predicted octanol–water partition coefficient (Wildman–Crippen LogP) is 3.75. The number of nitrogens with zero attached hydrogens (tertiary/aromatic N) is 2. The van der Waals surface area contributed by atoms with Gasteiger partial charge < -0.3 is 9.84 Å². The molecule has 1 heterocycles. The summed E-state index contributed by atoms with van der Waals surface area (Å²) in [6.45, 7) is 4.13. The molecule has 0 aliphatic rings. The van der Waals surface area contributed by atoms with E-state index in [-0.39, 0.29) is 11.9 Å². The van der Waals surface area contributed by atoms with Crippen LogP contribution in [0.4, 0.5) is 5.82 Å². The Bertz CT molecular complexity index is 652. The van der Waals surface area contributed by atoms with Gasteiger partial charge >= 0.3 is 0 Å². The number of aromatic nitrogens is 1. The van der Waals surface area contributed by atoms with Gasteiger partial charge in [-0.25, -0.2) is 0 Å². The van der Waals surface area contributed by atoms with E-state index in [1.807, 2.05) is 31.0 Å². The fraction of sp³-hybridized carbons (Fsp3) is 0.333. The van der Waals surface area contributed by atoms with Crippen LogP contribution in [0.3, 0.4) is 0 Å². The summed E-state index contributed by atoms with van der Waals surface area (Å²) >= 11 is 12.0. The molecule has 118 valence electrons. The molecule has 0 aliphatic carbocycles. The first-order valence-electron chi connectivity index (χ1n) is 6.74. The Labute approximate surface area is 139 Å². The number of carbonyl (C=O) groups excluding carboxylic acids is 1. The van der Waals surface area contributed by atoms with Gasteiger partial charge in [-0.1, -0.05) is 28.4 Å². The van der Waals surface area contributed by atoms with Crippen molar-refractivity contribution in [2.24, 2.45) is 0 Å². The third-order valence-electron chi connectivity index (χ3n) is 3.27. The molecule has 22 heavy (non-hydrogen) atoms. The van der Waals surface area contributed by atoms with Crippen LogP contribution in [0.1, 0.15) is 18.2 Å². The van der Waals surface area contributed by atoms with Gasteiger partial charge in [0.2, 0.25) is 5.91 Å². The van der Waals surface area contributed by atoms with Crippen molar-refractivity contribution in [2.75, 3.05) is 12.4 Å². The topological polar surface area (TPSA) is 58.4 Å². The van der Waals surface area contributed by atoms with E-state index in [2.05, 4.69) is 10.5 Å². The first-order valence-corrected chi connectivity index (χ1v) is 7.50. The molecular weight excluding hydrogens is 325 g/mol. The zero-order chi connectivity index (χ0) is 16.3. The number of benzene rings is 1. The van der Waals surface area contributed by atoms with Crippen molar-refractivity contribution in [1.29, 1.82) is 0 Å². The van der Waals surface area contributed by atoms with Gasteiger partial charge in [0.25, 0.3) is 0 Å². The summed E-state index contributed by atoms with van der Waals surface area (Å²) in [7, 11) is 1.85. The van der Waals surface area contributed by atoms with Crippen molar-refractivity contribution in [1.82, 2.24) is 10.1 Å². The first-order chi connectivity index (χ1) is 10.3. The van der Waals surface area contributed by atoms with Crippen molar-refractivity contribution in [2.45, 2.75) is 26.4 Å². The maximum Gasteiger partial charge on any atom is 0.242 e. The normalized spacial score (nSPS) is 12.5. The van der Waals surface area contributed by atoms with Gasteiger partial charge in [0.1, 0.15) is 5.76 Å². The smallest absolute Gasteiger partial charge is 0.242 e. The SMILES string of the molecule is Cc1cc(NC(=O)[C@H](C)N(C)Cc2cc(Cl)cc(Cl)c2)no1. The lowest BCUT2D eigenvalue weighted by Gasteiger charge is -2.23. The lowest BCUT2D eigenvalue weighted by Crippen LogP contribution is -2.39. The molecule has 1 aromatic heterocycles. The third kappa shape index (κ3) is 4.47. The highest BCUT2D eigenvalue weighted by atomic mass is 35.5. The molecule has 1 aromatic carbocycles. The van der Waals surface area contributed by atoms with E-state index >= 15 is 0 Å². The molecule has 0 aliphatic heterocycles. The van der Waals surface area contributed by atoms with E-state index < -0.39 is 0 Å². The van der Waals surface area contributed by atoms with Crippen LogP contribution < -0.4 is 5.32 Å². The maximum absolute atomic E-state index is 12.2. The number of hydrogen-bond donors (Lipinski definition) is 1. The summed E-state index contributed by atoms with van der Waals surface area (Å²) < 4.78 is 4.92. The molecule has 2 aromatic rings. The molecule has 0 fully saturated rings. The molecule has 0 saturated heterocycles. The Balaban J connectivity index is 1.98. The standard InChI is InChI=1S/C15H17Cl2N3O2/c1-9-4-14(19-22-9)18-15(21)10(2)20(3)8-11-5-12(16)7-13(17)6-11/h4-7,10H,8H2,1-3H3,(H,18,19,21)/t10-/m0/s1. The summed E-state index contributed by atoms with van der Waals surface area (Å²) in [5.41, 5.74) is 0.942. The van der Waals surface area contributed by atoms with E-state index in [4.69, 9.17) is 27.7 Å². The summed E-state index contributed by atoms with van der Waals surface area (Å²) in [5, 5.41) is 7.61. The van der Waals surface area contributed by atoms with Gasteiger partial charge in [0, 0.05) is 22.7 Å². The number of carbonyl (C=O) groups is 1.